The number of nitrogens with one attached hydrogen (secondary N) is 2. The molecule has 5 nitrogen and oxygen atoms in total. The molecule has 0 amide bonds. The minimum absolute atomic E-state index is 0.0634. The van der Waals surface area contributed by atoms with E-state index in [0.717, 1.165) is 24.0 Å². The number of aliphatic hydroxyl groups is 2. The van der Waals surface area contributed by atoms with Gasteiger partial charge < -0.3 is 26.7 Å². The molecule has 0 radical (unpaired) electrons. The quantitative estimate of drug-likeness (QED) is 0.283. The van der Waals surface area contributed by atoms with Gasteiger partial charge in [0.1, 0.15) is 12.0 Å². The van der Waals surface area contributed by atoms with E-state index in [1.165, 1.54) is 0 Å². The van der Waals surface area contributed by atoms with Crippen LogP contribution in [-0.4, -0.2) is 28.7 Å². The van der Waals surface area contributed by atoms with Crippen molar-refractivity contribution in [2.45, 2.75) is 52.2 Å². The third kappa shape index (κ3) is 5.29. The summed E-state index contributed by atoms with van der Waals surface area (Å²) in [6.45, 7) is 4.22. The Morgan fingerprint density at radius 3 is 2.64 bits per heavy atom. The molecule has 1 aliphatic carbocycles. The molecule has 0 saturated carbocycles. The highest BCUT2D eigenvalue weighted by molar-refractivity contribution is 6.40. The minimum Gasteiger partial charge on any atom is -0.506 e. The molecule has 2 unspecified atom stereocenters. The van der Waals surface area contributed by atoms with Crippen molar-refractivity contribution in [3.8, 4) is 0 Å². The molecular weight excluding hydrogens is 397 g/mol. The second-order valence-electron chi connectivity index (χ2n) is 7.11. The highest BCUT2D eigenvalue weighted by atomic mass is 35.5. The summed E-state index contributed by atoms with van der Waals surface area (Å²) in [6, 6.07) is 5.77. The van der Waals surface area contributed by atoms with Gasteiger partial charge in [-0.1, -0.05) is 42.6 Å². The molecule has 0 fully saturated rings. The monoisotopic (exact) mass is 425 g/mol. The van der Waals surface area contributed by atoms with Gasteiger partial charge >= 0.3 is 0 Å². The number of halogens is 2. The molecule has 2 atom stereocenters. The van der Waals surface area contributed by atoms with Gasteiger partial charge in [-0.3, -0.25) is 0 Å². The third-order valence-electron chi connectivity index (χ3n) is 5.02. The number of allylic oxidation sites excluding steroid dienone is 2. The summed E-state index contributed by atoms with van der Waals surface area (Å²) in [5.41, 5.74) is 9.59. The Hall–Kier alpha value is -1.53. The van der Waals surface area contributed by atoms with E-state index in [4.69, 9.17) is 34.3 Å². The lowest BCUT2D eigenvalue weighted by Gasteiger charge is -2.29. The predicted octanol–water partition coefficient (Wildman–Crippen LogP) is 5.02. The van der Waals surface area contributed by atoms with Gasteiger partial charge in [-0.15, -0.1) is 0 Å². The maximum Gasteiger partial charge on any atom is 0.135 e. The molecular formula is C21H29Cl2N3O2. The Bertz CT molecular complexity index is 790. The second-order valence-corrected chi connectivity index (χ2v) is 7.95. The van der Waals surface area contributed by atoms with Crippen molar-refractivity contribution in [2.75, 3.05) is 11.9 Å². The Morgan fingerprint density at radius 2 is 2.04 bits per heavy atom. The standard InChI is InChI=1S/C21H29Cl2N3O2/c1-3-4-13-5-6-14(11-17(13)12(2)25)26-21(28)16(9-10-24)15-7-8-18(22)19(23)20(15)27/h5-6,11,16,21,25-28H,3-4,7-10,24H2,1-2H3. The maximum atomic E-state index is 10.9. The number of rotatable bonds is 9. The van der Waals surface area contributed by atoms with Crippen LogP contribution >= 0.6 is 23.2 Å². The molecule has 1 aliphatic rings. The molecule has 2 rings (SSSR count). The zero-order valence-corrected chi connectivity index (χ0v) is 17.9. The van der Waals surface area contributed by atoms with Crippen LogP contribution < -0.4 is 11.1 Å². The van der Waals surface area contributed by atoms with Crippen molar-refractivity contribution in [1.82, 2.24) is 0 Å². The summed E-state index contributed by atoms with van der Waals surface area (Å²) in [5, 5.41) is 33.0. The molecule has 154 valence electrons. The Kier molecular flexibility index (Phi) is 8.38. The van der Waals surface area contributed by atoms with Crippen LogP contribution in [0.5, 0.6) is 0 Å². The number of benzene rings is 1. The fourth-order valence-electron chi connectivity index (χ4n) is 3.58. The summed E-state index contributed by atoms with van der Waals surface area (Å²) in [6.07, 6.45) is 2.47. The number of nitrogens with two attached hydrogens (primary N) is 1. The van der Waals surface area contributed by atoms with Crippen LogP contribution in [-0.2, 0) is 6.42 Å². The van der Waals surface area contributed by atoms with E-state index >= 15 is 0 Å². The number of hydrogen-bond donors (Lipinski definition) is 5. The fourth-order valence-corrected chi connectivity index (χ4v) is 3.98. The topological polar surface area (TPSA) is 102 Å². The van der Waals surface area contributed by atoms with Gasteiger partial charge in [-0.25, -0.2) is 0 Å². The summed E-state index contributed by atoms with van der Waals surface area (Å²) < 4.78 is 0. The van der Waals surface area contributed by atoms with E-state index in [9.17, 15) is 10.2 Å². The molecule has 28 heavy (non-hydrogen) atoms. The smallest absolute Gasteiger partial charge is 0.135 e. The van der Waals surface area contributed by atoms with E-state index in [2.05, 4.69) is 12.2 Å². The van der Waals surface area contributed by atoms with Crippen molar-refractivity contribution < 1.29 is 10.2 Å². The van der Waals surface area contributed by atoms with Crippen molar-refractivity contribution in [3.05, 3.63) is 50.7 Å². The van der Waals surface area contributed by atoms with E-state index < -0.39 is 12.1 Å². The number of anilines is 1. The van der Waals surface area contributed by atoms with Crippen LogP contribution in [0.1, 0.15) is 50.7 Å². The summed E-state index contributed by atoms with van der Waals surface area (Å²) in [7, 11) is 0. The zero-order valence-electron chi connectivity index (χ0n) is 16.4. The highest BCUT2D eigenvalue weighted by Gasteiger charge is 2.29. The number of aryl methyl sites for hydroxylation is 1. The largest absolute Gasteiger partial charge is 0.506 e. The fraction of sp³-hybridized carbons (Fsp3) is 0.476. The van der Waals surface area contributed by atoms with Crippen molar-refractivity contribution >= 4 is 34.6 Å². The van der Waals surface area contributed by atoms with Gasteiger partial charge in [0.25, 0.3) is 0 Å². The van der Waals surface area contributed by atoms with Crippen LogP contribution in [0.25, 0.3) is 0 Å². The molecule has 0 saturated heterocycles. The van der Waals surface area contributed by atoms with Gasteiger partial charge in [0.2, 0.25) is 0 Å². The Morgan fingerprint density at radius 1 is 1.32 bits per heavy atom. The minimum atomic E-state index is -0.960. The molecule has 0 spiro atoms. The van der Waals surface area contributed by atoms with E-state index in [1.807, 2.05) is 18.2 Å². The highest BCUT2D eigenvalue weighted by Crippen LogP contribution is 2.38. The van der Waals surface area contributed by atoms with Crippen LogP contribution in [0, 0.1) is 11.3 Å². The van der Waals surface area contributed by atoms with Crippen molar-refractivity contribution in [2.24, 2.45) is 11.7 Å². The van der Waals surface area contributed by atoms with Crippen LogP contribution in [0.2, 0.25) is 0 Å². The lowest BCUT2D eigenvalue weighted by atomic mass is 9.86. The molecule has 1 aromatic carbocycles. The van der Waals surface area contributed by atoms with Gasteiger partial charge in [0, 0.05) is 27.9 Å². The second kappa shape index (κ2) is 10.3. The summed E-state index contributed by atoms with van der Waals surface area (Å²) >= 11 is 12.1. The van der Waals surface area contributed by atoms with Gasteiger partial charge in [0.05, 0.1) is 5.03 Å². The summed E-state index contributed by atoms with van der Waals surface area (Å²) in [4.78, 5) is 0. The SMILES string of the molecule is CCCc1ccc(NC(O)C(CCN)C2=C(O)C(Cl)=C(Cl)CC2)cc1C(C)=N. The molecule has 6 N–H and O–H groups in total. The third-order valence-corrected chi connectivity index (χ3v) is 5.90. The van der Waals surface area contributed by atoms with E-state index in [0.29, 0.717) is 47.8 Å². The number of hydrogen-bond acceptors (Lipinski definition) is 5. The van der Waals surface area contributed by atoms with Gasteiger partial charge in [-0.05, 0) is 62.4 Å². The molecule has 0 heterocycles. The zero-order chi connectivity index (χ0) is 20.8. The van der Waals surface area contributed by atoms with E-state index in [1.54, 1.807) is 6.92 Å². The molecule has 7 heteroatoms. The maximum absolute atomic E-state index is 10.9. The normalized spacial score (nSPS) is 16.9. The lowest BCUT2D eigenvalue weighted by Crippen LogP contribution is -2.33. The lowest BCUT2D eigenvalue weighted by molar-refractivity contribution is 0.143. The Labute approximate surface area is 176 Å². The van der Waals surface area contributed by atoms with Crippen molar-refractivity contribution in [3.63, 3.8) is 0 Å². The number of aliphatic hydroxyl groups excluding tert-OH is 2. The summed E-state index contributed by atoms with van der Waals surface area (Å²) in [5.74, 6) is -0.463. The first-order valence-electron chi connectivity index (χ1n) is 9.59. The molecule has 1 aromatic rings. The van der Waals surface area contributed by atoms with Crippen LogP contribution in [0.15, 0.2) is 39.6 Å². The average molecular weight is 426 g/mol. The van der Waals surface area contributed by atoms with E-state index in [-0.39, 0.29) is 10.8 Å². The molecule has 0 aromatic heterocycles. The molecule has 0 bridgehead atoms. The first-order chi connectivity index (χ1) is 13.3. The predicted molar refractivity (Wildman–Crippen MR) is 117 cm³/mol. The average Bonchev–Trinajstić information content (AvgIpc) is 2.66. The molecule has 0 aliphatic heterocycles. The van der Waals surface area contributed by atoms with Gasteiger partial charge in [0.15, 0.2) is 0 Å². The first kappa shape index (κ1) is 22.8. The first-order valence-corrected chi connectivity index (χ1v) is 10.3. The Balaban J connectivity index is 2.29. The van der Waals surface area contributed by atoms with Crippen molar-refractivity contribution in [1.29, 1.82) is 5.41 Å². The van der Waals surface area contributed by atoms with Gasteiger partial charge in [-0.2, -0.15) is 0 Å². The van der Waals surface area contributed by atoms with Crippen LogP contribution in [0.3, 0.4) is 0 Å². The van der Waals surface area contributed by atoms with Crippen LogP contribution in [0.4, 0.5) is 5.69 Å².